The van der Waals surface area contributed by atoms with E-state index < -0.39 is 0 Å². The lowest BCUT2D eigenvalue weighted by molar-refractivity contribution is 0.350. The van der Waals surface area contributed by atoms with Gasteiger partial charge in [0.05, 0.1) is 0 Å². The number of allylic oxidation sites excluding steroid dienone is 2. The van der Waals surface area contributed by atoms with E-state index in [1.807, 2.05) is 38.2 Å². The lowest BCUT2D eigenvalue weighted by atomic mass is 10.4. The Labute approximate surface area is 63.0 Å². The number of nitrogens with zero attached hydrogens (tertiary/aromatic N) is 1. The normalized spacial score (nSPS) is 12.4. The van der Waals surface area contributed by atoms with E-state index in [2.05, 4.69) is 0 Å². The summed E-state index contributed by atoms with van der Waals surface area (Å²) < 4.78 is 0. The monoisotopic (exact) mass is 140 g/mol. The molecule has 0 unspecified atom stereocenters. The Balaban J connectivity index is 3.33. The molecule has 0 aliphatic carbocycles. The number of nitrogens with two attached hydrogens (primary N) is 1. The van der Waals surface area contributed by atoms with E-state index in [-0.39, 0.29) is 0 Å². The van der Waals surface area contributed by atoms with Gasteiger partial charge in [0.15, 0.2) is 0 Å². The minimum Gasteiger partial charge on any atom is -0.268 e. The molecule has 0 fully saturated rings. The molecule has 0 aliphatic heterocycles. The predicted molar refractivity (Wildman–Crippen MR) is 45.4 cm³/mol. The van der Waals surface area contributed by atoms with Crippen LogP contribution < -0.4 is 5.84 Å². The molecule has 0 aromatic carbocycles. The smallest absolute Gasteiger partial charge is 0.0312 e. The van der Waals surface area contributed by atoms with Crippen LogP contribution in [0.15, 0.2) is 24.3 Å². The molecule has 58 valence electrons. The van der Waals surface area contributed by atoms with Gasteiger partial charge in [-0.2, -0.15) is 0 Å². The first-order chi connectivity index (χ1) is 4.81. The summed E-state index contributed by atoms with van der Waals surface area (Å²) in [6.45, 7) is 5.62. The average molecular weight is 140 g/mol. The van der Waals surface area contributed by atoms with Crippen molar-refractivity contribution in [3.05, 3.63) is 24.3 Å². The van der Waals surface area contributed by atoms with Gasteiger partial charge >= 0.3 is 0 Å². The summed E-state index contributed by atoms with van der Waals surface area (Å²) in [5, 5.41) is 1.75. The first-order valence-corrected chi connectivity index (χ1v) is 3.53. The summed E-state index contributed by atoms with van der Waals surface area (Å²) in [4.78, 5) is 0. The quantitative estimate of drug-likeness (QED) is 0.362. The molecule has 0 rings (SSSR count). The third-order valence-corrected chi connectivity index (χ3v) is 1.15. The molecule has 10 heavy (non-hydrogen) atoms. The second-order valence-corrected chi connectivity index (χ2v) is 2.09. The Kier molecular flexibility index (Phi) is 6.13. The third kappa shape index (κ3) is 5.54. The molecular formula is C8H16N2. The van der Waals surface area contributed by atoms with Crippen LogP contribution in [-0.2, 0) is 0 Å². The van der Waals surface area contributed by atoms with E-state index in [9.17, 15) is 0 Å². The Morgan fingerprint density at radius 2 is 1.50 bits per heavy atom. The maximum absolute atomic E-state index is 5.58. The summed E-state index contributed by atoms with van der Waals surface area (Å²) in [7, 11) is 0. The van der Waals surface area contributed by atoms with Gasteiger partial charge in [-0.15, -0.1) is 0 Å². The highest BCUT2D eigenvalue weighted by Crippen LogP contribution is 1.80. The highest BCUT2D eigenvalue weighted by molar-refractivity contribution is 4.84. The first-order valence-electron chi connectivity index (χ1n) is 3.53. The van der Waals surface area contributed by atoms with Crippen LogP contribution in [0.1, 0.15) is 13.8 Å². The van der Waals surface area contributed by atoms with Gasteiger partial charge in [0.1, 0.15) is 0 Å². The van der Waals surface area contributed by atoms with Crippen LogP contribution >= 0.6 is 0 Å². The van der Waals surface area contributed by atoms with Gasteiger partial charge in [0, 0.05) is 13.1 Å². The van der Waals surface area contributed by atoms with E-state index >= 15 is 0 Å². The summed E-state index contributed by atoms with van der Waals surface area (Å²) in [6, 6.07) is 0. The molecule has 2 N–H and O–H groups in total. The molecule has 0 aromatic heterocycles. The van der Waals surface area contributed by atoms with Gasteiger partial charge < -0.3 is 0 Å². The molecule has 0 saturated carbocycles. The van der Waals surface area contributed by atoms with Crippen molar-refractivity contribution in [3.63, 3.8) is 0 Å². The fourth-order valence-corrected chi connectivity index (χ4v) is 0.556. The number of rotatable bonds is 4. The lowest BCUT2D eigenvalue weighted by Gasteiger charge is -2.09. The summed E-state index contributed by atoms with van der Waals surface area (Å²) in [5.74, 6) is 5.58. The van der Waals surface area contributed by atoms with Gasteiger partial charge in [0.2, 0.25) is 0 Å². The Morgan fingerprint density at radius 3 is 1.80 bits per heavy atom. The average Bonchev–Trinajstić information content (AvgIpc) is 1.97. The minimum atomic E-state index is 0.820. The lowest BCUT2D eigenvalue weighted by Crippen LogP contribution is -2.31. The van der Waals surface area contributed by atoms with E-state index in [0.29, 0.717) is 0 Å². The molecule has 0 amide bonds. The Hall–Kier alpha value is -0.600. The highest BCUT2D eigenvalue weighted by atomic mass is 15.4. The van der Waals surface area contributed by atoms with Gasteiger partial charge in [-0.05, 0) is 13.8 Å². The molecule has 0 heterocycles. The van der Waals surface area contributed by atoms with Crippen molar-refractivity contribution in [3.8, 4) is 0 Å². The SMILES string of the molecule is C/C=C/CN(N)C/C=C/C. The van der Waals surface area contributed by atoms with Gasteiger partial charge in [-0.3, -0.25) is 5.84 Å². The molecule has 2 heteroatoms. The minimum absolute atomic E-state index is 0.820. The third-order valence-electron chi connectivity index (χ3n) is 1.15. The largest absolute Gasteiger partial charge is 0.268 e. The summed E-state index contributed by atoms with van der Waals surface area (Å²) >= 11 is 0. The summed E-state index contributed by atoms with van der Waals surface area (Å²) in [5.41, 5.74) is 0. The van der Waals surface area contributed by atoms with E-state index in [0.717, 1.165) is 13.1 Å². The van der Waals surface area contributed by atoms with Crippen LogP contribution in [0.4, 0.5) is 0 Å². The molecule has 0 saturated heterocycles. The zero-order chi connectivity index (χ0) is 7.82. The van der Waals surface area contributed by atoms with Crippen LogP contribution in [0.5, 0.6) is 0 Å². The molecule has 0 bridgehead atoms. The van der Waals surface area contributed by atoms with Gasteiger partial charge in [-0.1, -0.05) is 24.3 Å². The highest BCUT2D eigenvalue weighted by Gasteiger charge is 1.88. The van der Waals surface area contributed by atoms with Gasteiger partial charge in [0.25, 0.3) is 0 Å². The van der Waals surface area contributed by atoms with Crippen molar-refractivity contribution in [1.29, 1.82) is 0 Å². The Morgan fingerprint density at radius 1 is 1.10 bits per heavy atom. The molecule has 0 aliphatic rings. The fourth-order valence-electron chi connectivity index (χ4n) is 0.556. The molecule has 0 spiro atoms. The second kappa shape index (κ2) is 6.52. The maximum atomic E-state index is 5.58. The standard InChI is InChI=1S/C8H16N2/c1-3-5-7-10(9)8-6-4-2/h3-6H,7-9H2,1-2H3/b5-3+,6-4+. The fraction of sp³-hybridized carbons (Fsp3) is 0.500. The van der Waals surface area contributed by atoms with Crippen molar-refractivity contribution in [2.75, 3.05) is 13.1 Å². The molecular weight excluding hydrogens is 124 g/mol. The number of hydrazine groups is 1. The molecule has 2 nitrogen and oxygen atoms in total. The van der Waals surface area contributed by atoms with Gasteiger partial charge in [-0.25, -0.2) is 5.01 Å². The zero-order valence-corrected chi connectivity index (χ0v) is 6.75. The van der Waals surface area contributed by atoms with Crippen molar-refractivity contribution in [2.24, 2.45) is 5.84 Å². The molecule has 0 atom stereocenters. The number of hydrogen-bond donors (Lipinski definition) is 1. The van der Waals surface area contributed by atoms with E-state index in [4.69, 9.17) is 5.84 Å². The molecule has 0 radical (unpaired) electrons. The maximum Gasteiger partial charge on any atom is 0.0312 e. The van der Waals surface area contributed by atoms with Crippen LogP contribution in [0.2, 0.25) is 0 Å². The van der Waals surface area contributed by atoms with Crippen molar-refractivity contribution in [1.82, 2.24) is 5.01 Å². The Bertz CT molecular complexity index is 102. The molecule has 0 aromatic rings. The van der Waals surface area contributed by atoms with Crippen LogP contribution in [-0.4, -0.2) is 18.1 Å². The number of hydrogen-bond acceptors (Lipinski definition) is 2. The van der Waals surface area contributed by atoms with Crippen molar-refractivity contribution < 1.29 is 0 Å². The van der Waals surface area contributed by atoms with Crippen LogP contribution in [0, 0.1) is 0 Å². The van der Waals surface area contributed by atoms with E-state index in [1.165, 1.54) is 0 Å². The van der Waals surface area contributed by atoms with E-state index in [1.54, 1.807) is 5.01 Å². The van der Waals surface area contributed by atoms with Crippen molar-refractivity contribution in [2.45, 2.75) is 13.8 Å². The van der Waals surface area contributed by atoms with Crippen molar-refractivity contribution >= 4 is 0 Å². The zero-order valence-electron chi connectivity index (χ0n) is 6.75. The first kappa shape index (κ1) is 9.40. The summed E-state index contributed by atoms with van der Waals surface area (Å²) in [6.07, 6.45) is 8.05. The second-order valence-electron chi connectivity index (χ2n) is 2.09. The van der Waals surface area contributed by atoms with Crippen LogP contribution in [0.25, 0.3) is 0 Å². The topological polar surface area (TPSA) is 29.3 Å². The predicted octanol–water partition coefficient (Wildman–Crippen LogP) is 1.31. The van der Waals surface area contributed by atoms with Crippen LogP contribution in [0.3, 0.4) is 0 Å².